The van der Waals surface area contributed by atoms with Crippen molar-refractivity contribution in [2.75, 3.05) is 31.9 Å². The minimum atomic E-state index is -3.17. The van der Waals surface area contributed by atoms with Crippen molar-refractivity contribution < 1.29 is 13.2 Å². The van der Waals surface area contributed by atoms with Crippen LogP contribution < -0.4 is 0 Å². The van der Waals surface area contributed by atoms with Crippen molar-refractivity contribution in [3.8, 4) is 0 Å². The molecule has 6 heteroatoms. The molecule has 0 aromatic heterocycles. The van der Waals surface area contributed by atoms with E-state index in [1.165, 1.54) is 4.31 Å². The molecular weight excluding hydrogens is 300 g/mol. The number of unbranched alkanes of at least 4 members (excludes halogenated alkanes) is 1. The number of carbonyl (C=O) groups is 1. The first-order valence-corrected chi connectivity index (χ1v) is 9.38. The number of hydrogen-bond acceptors (Lipinski definition) is 3. The molecule has 122 valence electrons. The number of sulfonamides is 1. The highest BCUT2D eigenvalue weighted by Gasteiger charge is 2.28. The molecule has 1 amide bonds. The molecule has 0 saturated carbocycles. The van der Waals surface area contributed by atoms with Crippen molar-refractivity contribution in [3.05, 3.63) is 35.4 Å². The summed E-state index contributed by atoms with van der Waals surface area (Å²) in [4.78, 5) is 14.1. The Labute approximate surface area is 133 Å². The normalized spacial score (nSPS) is 16.7. The lowest BCUT2D eigenvalue weighted by molar-refractivity contribution is 0.0698. The molecule has 22 heavy (non-hydrogen) atoms. The number of amides is 1. The molecule has 0 spiro atoms. The molecule has 0 atom stereocenters. The average molecular weight is 324 g/mol. The first-order valence-electron chi connectivity index (χ1n) is 7.78. The highest BCUT2D eigenvalue weighted by molar-refractivity contribution is 7.89. The number of piperazine rings is 1. The van der Waals surface area contributed by atoms with Crippen molar-refractivity contribution >= 4 is 15.9 Å². The number of rotatable bonds is 5. The van der Waals surface area contributed by atoms with Gasteiger partial charge >= 0.3 is 0 Å². The van der Waals surface area contributed by atoms with Crippen LogP contribution in [0.15, 0.2) is 24.3 Å². The van der Waals surface area contributed by atoms with Gasteiger partial charge in [0.2, 0.25) is 10.0 Å². The average Bonchev–Trinajstić information content (AvgIpc) is 2.53. The predicted octanol–water partition coefficient (Wildman–Crippen LogP) is 1.88. The van der Waals surface area contributed by atoms with Crippen LogP contribution in [0, 0.1) is 6.92 Å². The van der Waals surface area contributed by atoms with Gasteiger partial charge in [-0.25, -0.2) is 8.42 Å². The molecule has 1 aromatic rings. The summed E-state index contributed by atoms with van der Waals surface area (Å²) in [5.74, 6) is 0.181. The van der Waals surface area contributed by atoms with Crippen LogP contribution in [0.2, 0.25) is 0 Å². The van der Waals surface area contributed by atoms with Crippen LogP contribution in [0.25, 0.3) is 0 Å². The largest absolute Gasteiger partial charge is 0.336 e. The summed E-state index contributed by atoms with van der Waals surface area (Å²) < 4.78 is 25.8. The van der Waals surface area contributed by atoms with E-state index in [-0.39, 0.29) is 11.7 Å². The van der Waals surface area contributed by atoms with Gasteiger partial charge in [0.25, 0.3) is 5.91 Å². The number of benzene rings is 1. The highest BCUT2D eigenvalue weighted by atomic mass is 32.2. The number of carbonyl (C=O) groups excluding carboxylic acids is 1. The van der Waals surface area contributed by atoms with Crippen molar-refractivity contribution in [1.29, 1.82) is 0 Å². The maximum absolute atomic E-state index is 12.4. The van der Waals surface area contributed by atoms with E-state index in [2.05, 4.69) is 0 Å². The fourth-order valence-corrected chi connectivity index (χ4v) is 4.14. The zero-order valence-corrected chi connectivity index (χ0v) is 14.1. The molecule has 2 rings (SSSR count). The molecule has 1 aliphatic heterocycles. The summed E-state index contributed by atoms with van der Waals surface area (Å²) in [7, 11) is -3.17. The van der Waals surface area contributed by atoms with Crippen molar-refractivity contribution in [2.24, 2.45) is 0 Å². The second-order valence-corrected chi connectivity index (χ2v) is 7.82. The lowest BCUT2D eigenvalue weighted by Gasteiger charge is -2.34. The topological polar surface area (TPSA) is 57.7 Å². The maximum Gasteiger partial charge on any atom is 0.253 e. The van der Waals surface area contributed by atoms with Crippen LogP contribution in [0.3, 0.4) is 0 Å². The van der Waals surface area contributed by atoms with Crippen molar-refractivity contribution in [1.82, 2.24) is 9.21 Å². The molecule has 0 aliphatic carbocycles. The van der Waals surface area contributed by atoms with Gasteiger partial charge in [0.15, 0.2) is 0 Å². The molecular formula is C16H24N2O3S. The molecule has 1 fully saturated rings. The van der Waals surface area contributed by atoms with Crippen LogP contribution in [-0.4, -0.2) is 55.5 Å². The summed E-state index contributed by atoms with van der Waals surface area (Å²) in [6.45, 7) is 5.66. The Morgan fingerprint density at radius 1 is 1.09 bits per heavy atom. The van der Waals surface area contributed by atoms with Gasteiger partial charge in [-0.15, -0.1) is 0 Å². The fraction of sp³-hybridized carbons (Fsp3) is 0.562. The molecule has 0 radical (unpaired) electrons. The predicted molar refractivity (Wildman–Crippen MR) is 87.4 cm³/mol. The first kappa shape index (κ1) is 17.0. The van der Waals surface area contributed by atoms with Crippen LogP contribution in [0.1, 0.15) is 35.7 Å². The summed E-state index contributed by atoms with van der Waals surface area (Å²) in [6, 6.07) is 7.47. The summed E-state index contributed by atoms with van der Waals surface area (Å²) >= 11 is 0. The molecule has 0 N–H and O–H groups in total. The second-order valence-electron chi connectivity index (χ2n) is 5.73. The Morgan fingerprint density at radius 3 is 2.23 bits per heavy atom. The van der Waals surface area contributed by atoms with Gasteiger partial charge in [-0.1, -0.05) is 31.0 Å². The SMILES string of the molecule is CCCCS(=O)(=O)N1CCN(C(=O)c2ccc(C)cc2)CC1. The van der Waals surface area contributed by atoms with Crippen molar-refractivity contribution in [2.45, 2.75) is 26.7 Å². The maximum atomic E-state index is 12.4. The van der Waals surface area contributed by atoms with E-state index in [0.29, 0.717) is 38.2 Å². The van der Waals surface area contributed by atoms with Gasteiger partial charge in [-0.2, -0.15) is 4.31 Å². The zero-order valence-electron chi connectivity index (χ0n) is 13.3. The molecule has 1 saturated heterocycles. The second kappa shape index (κ2) is 7.24. The van der Waals surface area contributed by atoms with E-state index in [0.717, 1.165) is 12.0 Å². The molecule has 1 heterocycles. The Balaban J connectivity index is 1.94. The van der Waals surface area contributed by atoms with E-state index < -0.39 is 10.0 Å². The van der Waals surface area contributed by atoms with Crippen molar-refractivity contribution in [3.63, 3.8) is 0 Å². The third-order valence-electron chi connectivity index (χ3n) is 3.97. The third kappa shape index (κ3) is 4.08. The fourth-order valence-electron chi connectivity index (χ4n) is 2.50. The van der Waals surface area contributed by atoms with Gasteiger partial charge in [-0.05, 0) is 25.5 Å². The molecule has 0 bridgehead atoms. The lowest BCUT2D eigenvalue weighted by atomic mass is 10.1. The molecule has 1 aliphatic rings. The summed E-state index contributed by atoms with van der Waals surface area (Å²) in [5.41, 5.74) is 1.77. The Bertz CT molecular complexity index is 603. The van der Waals surface area contributed by atoms with E-state index in [4.69, 9.17) is 0 Å². The molecule has 1 aromatic carbocycles. The first-order chi connectivity index (χ1) is 10.4. The van der Waals surface area contributed by atoms with E-state index in [1.54, 1.807) is 4.90 Å². The Hall–Kier alpha value is -1.40. The number of nitrogens with zero attached hydrogens (tertiary/aromatic N) is 2. The Kier molecular flexibility index (Phi) is 5.58. The minimum absolute atomic E-state index is 0.0226. The van der Waals surface area contributed by atoms with Gasteiger partial charge in [0.1, 0.15) is 0 Å². The highest BCUT2D eigenvalue weighted by Crippen LogP contribution is 2.13. The standard InChI is InChI=1S/C16H24N2O3S/c1-3-4-13-22(20,21)18-11-9-17(10-12-18)16(19)15-7-5-14(2)6-8-15/h5-8H,3-4,9-13H2,1-2H3. The Morgan fingerprint density at radius 2 is 1.68 bits per heavy atom. The lowest BCUT2D eigenvalue weighted by Crippen LogP contribution is -2.51. The monoisotopic (exact) mass is 324 g/mol. The van der Waals surface area contributed by atoms with Crippen LogP contribution in [0.5, 0.6) is 0 Å². The van der Waals surface area contributed by atoms with Gasteiger partial charge < -0.3 is 4.90 Å². The van der Waals surface area contributed by atoms with Crippen LogP contribution in [0.4, 0.5) is 0 Å². The third-order valence-corrected chi connectivity index (χ3v) is 5.93. The summed E-state index contributed by atoms with van der Waals surface area (Å²) in [5, 5.41) is 0. The van der Waals surface area contributed by atoms with E-state index in [9.17, 15) is 13.2 Å². The number of hydrogen-bond donors (Lipinski definition) is 0. The van der Waals surface area contributed by atoms with E-state index >= 15 is 0 Å². The van der Waals surface area contributed by atoms with Gasteiger partial charge in [-0.3, -0.25) is 4.79 Å². The van der Waals surface area contributed by atoms with Crippen LogP contribution >= 0.6 is 0 Å². The van der Waals surface area contributed by atoms with Gasteiger partial charge in [0, 0.05) is 31.7 Å². The minimum Gasteiger partial charge on any atom is -0.336 e. The summed E-state index contributed by atoms with van der Waals surface area (Å²) in [6.07, 6.45) is 1.55. The van der Waals surface area contributed by atoms with Gasteiger partial charge in [0.05, 0.1) is 5.75 Å². The molecule has 0 unspecified atom stereocenters. The smallest absolute Gasteiger partial charge is 0.253 e. The zero-order chi connectivity index (χ0) is 16.2. The van der Waals surface area contributed by atoms with Crippen LogP contribution in [-0.2, 0) is 10.0 Å². The van der Waals surface area contributed by atoms with E-state index in [1.807, 2.05) is 38.1 Å². The quantitative estimate of drug-likeness (QED) is 0.831. The molecule has 5 nitrogen and oxygen atoms in total. The number of aryl methyl sites for hydroxylation is 1.